The molecule has 1 aliphatic carbocycles. The molecule has 0 spiro atoms. The monoisotopic (exact) mass is 420 g/mol. The predicted octanol–water partition coefficient (Wildman–Crippen LogP) is 4.43. The topological polar surface area (TPSA) is 58.2 Å². The van der Waals surface area contributed by atoms with Gasteiger partial charge in [0, 0.05) is 13.0 Å². The fourth-order valence-electron chi connectivity index (χ4n) is 4.60. The first-order valence-electron chi connectivity index (χ1n) is 8.99. The van der Waals surface area contributed by atoms with E-state index in [2.05, 4.69) is 10.6 Å². The van der Waals surface area contributed by atoms with Crippen molar-refractivity contribution in [2.45, 2.75) is 44.8 Å². The van der Waals surface area contributed by atoms with Crippen molar-refractivity contribution in [1.82, 2.24) is 10.6 Å². The normalized spacial score (nSPS) is 27.5. The summed E-state index contributed by atoms with van der Waals surface area (Å²) in [5, 5.41) is 4.72. The molecule has 9 heteroatoms. The number of rotatable bonds is 5. The van der Waals surface area contributed by atoms with Crippen molar-refractivity contribution in [2.75, 3.05) is 6.54 Å². The summed E-state index contributed by atoms with van der Waals surface area (Å²) in [6, 6.07) is 2.49. The first-order chi connectivity index (χ1) is 12.9. The number of Topliss-reactive ketones (excluding diaryl/α,β-unsaturated/α-hetero) is 1. The maximum absolute atomic E-state index is 13.7. The molecule has 2 fully saturated rings. The van der Waals surface area contributed by atoms with Crippen LogP contribution < -0.4 is 10.6 Å². The van der Waals surface area contributed by atoms with Crippen LogP contribution in [0.1, 0.15) is 38.2 Å². The summed E-state index contributed by atoms with van der Waals surface area (Å²) in [5.74, 6) is -4.23. The van der Waals surface area contributed by atoms with E-state index in [9.17, 15) is 27.2 Å². The molecular weight excluding hydrogens is 400 g/mol. The Bertz CT molecular complexity index is 787. The molecule has 0 radical (unpaired) electrons. The lowest BCUT2D eigenvalue weighted by Crippen LogP contribution is -2.54. The Morgan fingerprint density at radius 1 is 1.36 bits per heavy atom. The van der Waals surface area contributed by atoms with Crippen LogP contribution in [0.3, 0.4) is 0 Å². The van der Waals surface area contributed by atoms with Crippen LogP contribution in [-0.2, 0) is 4.79 Å². The second-order valence-electron chi connectivity index (χ2n) is 8.23. The Morgan fingerprint density at radius 2 is 2.04 bits per heavy atom. The number of alkyl halides is 3. The Kier molecular flexibility index (Phi) is 5.38. The van der Waals surface area contributed by atoms with Gasteiger partial charge in [-0.1, -0.05) is 31.5 Å². The summed E-state index contributed by atoms with van der Waals surface area (Å²) in [5.41, 5.74) is -0.552. The molecule has 1 aromatic rings. The summed E-state index contributed by atoms with van der Waals surface area (Å²) in [7, 11) is 0. The van der Waals surface area contributed by atoms with Gasteiger partial charge in [-0.2, -0.15) is 13.2 Å². The molecule has 0 bridgehead atoms. The van der Waals surface area contributed by atoms with Gasteiger partial charge in [0.05, 0.1) is 10.9 Å². The summed E-state index contributed by atoms with van der Waals surface area (Å²) in [4.78, 5) is 23.9. The van der Waals surface area contributed by atoms with Gasteiger partial charge in [-0.15, -0.1) is 0 Å². The lowest BCUT2D eigenvalue weighted by atomic mass is 9.50. The standard InChI is InChI=1S/C19H21ClF4N2O2/c1-18(2)7-11(16(18)19(22,23)24)10(9-3-4-13(21)12(20)5-9)6-15(27)14-8-25-17(28)26-14/h3-5,10-11,14,16H,6-8H2,1-2H3,(H2,25,26,28)/t10?,11?,14-,16?/m0/s1. The average Bonchev–Trinajstić information content (AvgIpc) is 2.98. The maximum Gasteiger partial charge on any atom is 0.392 e. The minimum absolute atomic E-state index is 0.0907. The fourth-order valence-corrected chi connectivity index (χ4v) is 4.79. The minimum Gasteiger partial charge on any atom is -0.336 e. The van der Waals surface area contributed by atoms with E-state index in [4.69, 9.17) is 11.6 Å². The first-order valence-corrected chi connectivity index (χ1v) is 9.36. The molecule has 1 saturated carbocycles. The van der Waals surface area contributed by atoms with Crippen LogP contribution >= 0.6 is 11.6 Å². The number of carbonyl (C=O) groups excluding carboxylic acids is 2. The number of nitrogens with one attached hydrogen (secondary N) is 2. The van der Waals surface area contributed by atoms with Gasteiger partial charge in [0.2, 0.25) is 0 Å². The van der Waals surface area contributed by atoms with Crippen molar-refractivity contribution in [2.24, 2.45) is 17.3 Å². The number of benzene rings is 1. The molecule has 4 atom stereocenters. The Labute approximate surface area is 165 Å². The van der Waals surface area contributed by atoms with Gasteiger partial charge in [-0.25, -0.2) is 9.18 Å². The fraction of sp³-hybridized carbons (Fsp3) is 0.579. The van der Waals surface area contributed by atoms with Crippen molar-refractivity contribution < 1.29 is 27.2 Å². The molecule has 1 saturated heterocycles. The van der Waals surface area contributed by atoms with Crippen molar-refractivity contribution in [3.8, 4) is 0 Å². The van der Waals surface area contributed by atoms with E-state index < -0.39 is 47.2 Å². The number of halogens is 5. The number of carbonyl (C=O) groups is 2. The molecule has 154 valence electrons. The molecule has 1 aromatic carbocycles. The highest BCUT2D eigenvalue weighted by atomic mass is 35.5. The highest BCUT2D eigenvalue weighted by Crippen LogP contribution is 2.62. The van der Waals surface area contributed by atoms with E-state index in [1.54, 1.807) is 13.8 Å². The molecule has 28 heavy (non-hydrogen) atoms. The zero-order valence-electron chi connectivity index (χ0n) is 15.4. The maximum atomic E-state index is 13.7. The van der Waals surface area contributed by atoms with Crippen molar-refractivity contribution >= 4 is 23.4 Å². The van der Waals surface area contributed by atoms with Crippen molar-refractivity contribution in [1.29, 1.82) is 0 Å². The quantitative estimate of drug-likeness (QED) is 0.692. The Balaban J connectivity index is 1.91. The van der Waals surface area contributed by atoms with Crippen LogP contribution in [0.4, 0.5) is 22.4 Å². The largest absolute Gasteiger partial charge is 0.392 e. The highest BCUT2D eigenvalue weighted by molar-refractivity contribution is 6.30. The molecule has 2 amide bonds. The number of ketones is 1. The van der Waals surface area contributed by atoms with Crippen LogP contribution in [0.5, 0.6) is 0 Å². The van der Waals surface area contributed by atoms with E-state index in [1.807, 2.05) is 0 Å². The highest BCUT2D eigenvalue weighted by Gasteiger charge is 2.62. The third-order valence-electron chi connectivity index (χ3n) is 5.85. The van der Waals surface area contributed by atoms with Gasteiger partial charge in [-0.05, 0) is 41.4 Å². The van der Waals surface area contributed by atoms with E-state index in [-0.39, 0.29) is 30.2 Å². The van der Waals surface area contributed by atoms with E-state index in [0.717, 1.165) is 6.07 Å². The second-order valence-corrected chi connectivity index (χ2v) is 8.64. The molecule has 4 nitrogen and oxygen atoms in total. The lowest BCUT2D eigenvalue weighted by molar-refractivity contribution is -0.262. The Hall–Kier alpha value is -1.83. The first kappa shape index (κ1) is 20.9. The number of urea groups is 1. The van der Waals surface area contributed by atoms with E-state index >= 15 is 0 Å². The smallest absolute Gasteiger partial charge is 0.336 e. The SMILES string of the molecule is CC1(C)CC(C(CC(=O)[C@@H]2CNC(=O)N2)c2ccc(F)c(Cl)c2)C1C(F)(F)F. The third-order valence-corrected chi connectivity index (χ3v) is 6.14. The lowest BCUT2D eigenvalue weighted by Gasteiger charge is -2.55. The van der Waals surface area contributed by atoms with Crippen LogP contribution in [0.15, 0.2) is 18.2 Å². The van der Waals surface area contributed by atoms with Gasteiger partial charge in [0.25, 0.3) is 0 Å². The van der Waals surface area contributed by atoms with Gasteiger partial charge in [0.15, 0.2) is 5.78 Å². The molecule has 3 unspecified atom stereocenters. The minimum atomic E-state index is -4.42. The molecule has 3 rings (SSSR count). The van der Waals surface area contributed by atoms with Crippen molar-refractivity contribution in [3.63, 3.8) is 0 Å². The molecule has 2 aliphatic rings. The molecular formula is C19H21ClF4N2O2. The van der Waals surface area contributed by atoms with Crippen LogP contribution in [0.2, 0.25) is 5.02 Å². The molecule has 0 aromatic heterocycles. The van der Waals surface area contributed by atoms with Gasteiger partial charge in [0.1, 0.15) is 11.9 Å². The second kappa shape index (κ2) is 7.21. The van der Waals surface area contributed by atoms with Gasteiger partial charge >= 0.3 is 12.2 Å². The summed E-state index contributed by atoms with van der Waals surface area (Å²) < 4.78 is 54.7. The zero-order chi connectivity index (χ0) is 20.9. The van der Waals surface area contributed by atoms with Crippen LogP contribution in [0.25, 0.3) is 0 Å². The number of amides is 2. The molecule has 1 aliphatic heterocycles. The summed E-state index contributed by atoms with van der Waals surface area (Å²) in [6.07, 6.45) is -4.33. The van der Waals surface area contributed by atoms with Gasteiger partial charge < -0.3 is 10.6 Å². The van der Waals surface area contributed by atoms with Crippen LogP contribution in [-0.4, -0.2) is 30.6 Å². The summed E-state index contributed by atoms with van der Waals surface area (Å²) in [6.45, 7) is 3.20. The summed E-state index contributed by atoms with van der Waals surface area (Å²) >= 11 is 5.84. The van der Waals surface area contributed by atoms with Crippen LogP contribution in [0, 0.1) is 23.1 Å². The Morgan fingerprint density at radius 3 is 2.54 bits per heavy atom. The zero-order valence-corrected chi connectivity index (χ0v) is 16.1. The molecule has 2 N–H and O–H groups in total. The van der Waals surface area contributed by atoms with E-state index in [0.29, 0.717) is 5.56 Å². The third kappa shape index (κ3) is 3.97. The molecule has 1 heterocycles. The predicted molar refractivity (Wildman–Crippen MR) is 95.5 cm³/mol. The average molecular weight is 421 g/mol. The number of hydrogen-bond donors (Lipinski definition) is 2. The number of hydrogen-bond acceptors (Lipinski definition) is 2. The van der Waals surface area contributed by atoms with Crippen molar-refractivity contribution in [3.05, 3.63) is 34.6 Å². The van der Waals surface area contributed by atoms with E-state index in [1.165, 1.54) is 12.1 Å². The van der Waals surface area contributed by atoms with Gasteiger partial charge in [-0.3, -0.25) is 4.79 Å².